The van der Waals surface area contributed by atoms with Crippen LogP contribution < -0.4 is 10.2 Å². The number of thiophene rings is 1. The lowest BCUT2D eigenvalue weighted by atomic mass is 10.2. The van der Waals surface area contributed by atoms with Crippen molar-refractivity contribution in [3.8, 4) is 0 Å². The molecule has 0 aliphatic carbocycles. The van der Waals surface area contributed by atoms with Gasteiger partial charge in [-0.05, 0) is 25.3 Å². The summed E-state index contributed by atoms with van der Waals surface area (Å²) >= 11 is 2.80. The first kappa shape index (κ1) is 14.0. The maximum absolute atomic E-state index is 11.8. The molecule has 0 saturated carbocycles. The van der Waals surface area contributed by atoms with Gasteiger partial charge < -0.3 is 9.88 Å². The van der Waals surface area contributed by atoms with Gasteiger partial charge in [-0.25, -0.2) is 0 Å². The summed E-state index contributed by atoms with van der Waals surface area (Å²) in [5.41, 5.74) is 0.911. The molecule has 2 aromatic rings. The van der Waals surface area contributed by atoms with Gasteiger partial charge in [-0.1, -0.05) is 17.4 Å². The van der Waals surface area contributed by atoms with E-state index in [0.717, 1.165) is 10.6 Å². The second kappa shape index (κ2) is 6.16. The summed E-state index contributed by atoms with van der Waals surface area (Å²) in [5, 5.41) is 6.75. The fourth-order valence-corrected chi connectivity index (χ4v) is 3.31. The maximum atomic E-state index is 11.8. The number of amides is 1. The molecule has 1 amide bonds. The van der Waals surface area contributed by atoms with E-state index in [-0.39, 0.29) is 16.8 Å². The van der Waals surface area contributed by atoms with Crippen LogP contribution in [0.4, 0.5) is 0 Å². The number of hydrogen-bond acceptors (Lipinski definition) is 4. The molecule has 0 bridgehead atoms. The van der Waals surface area contributed by atoms with Gasteiger partial charge in [-0.15, -0.1) is 11.3 Å². The van der Waals surface area contributed by atoms with E-state index >= 15 is 0 Å². The second-order valence-corrected chi connectivity index (χ2v) is 6.15. The van der Waals surface area contributed by atoms with Crippen LogP contribution in [0.15, 0.2) is 27.7 Å². The summed E-state index contributed by atoms with van der Waals surface area (Å²) < 4.78 is 1.64. The molecular weight excluding hydrogens is 280 g/mol. The van der Waals surface area contributed by atoms with Crippen LogP contribution in [-0.4, -0.2) is 10.5 Å². The molecule has 2 aromatic heterocycles. The fraction of sp³-hybridized carbons (Fsp3) is 0.385. The smallest absolute Gasteiger partial charge is 0.307 e. The number of aromatic nitrogens is 1. The minimum atomic E-state index is -0.0293. The molecule has 0 aliphatic heterocycles. The van der Waals surface area contributed by atoms with Gasteiger partial charge in [-0.3, -0.25) is 9.59 Å². The monoisotopic (exact) mass is 296 g/mol. The minimum absolute atomic E-state index is 0.00314. The van der Waals surface area contributed by atoms with Crippen LogP contribution in [0.3, 0.4) is 0 Å². The Bertz CT molecular complexity index is 598. The molecule has 2 heterocycles. The van der Waals surface area contributed by atoms with E-state index in [1.165, 1.54) is 11.3 Å². The zero-order valence-corrected chi connectivity index (χ0v) is 12.5. The quantitative estimate of drug-likeness (QED) is 0.922. The molecule has 0 aliphatic rings. The summed E-state index contributed by atoms with van der Waals surface area (Å²) in [4.78, 5) is 24.5. The number of hydrogen-bond donors (Lipinski definition) is 1. The molecule has 0 spiro atoms. The Labute approximate surface area is 119 Å². The predicted molar refractivity (Wildman–Crippen MR) is 78.8 cm³/mol. The van der Waals surface area contributed by atoms with Crippen LogP contribution in [0.1, 0.15) is 30.0 Å². The molecule has 4 nitrogen and oxygen atoms in total. The van der Waals surface area contributed by atoms with Crippen LogP contribution in [0, 0.1) is 6.92 Å². The van der Waals surface area contributed by atoms with Crippen LogP contribution in [-0.2, 0) is 11.3 Å². The lowest BCUT2D eigenvalue weighted by Crippen LogP contribution is -2.28. The molecule has 0 unspecified atom stereocenters. The van der Waals surface area contributed by atoms with E-state index < -0.39 is 0 Å². The van der Waals surface area contributed by atoms with Crippen molar-refractivity contribution >= 4 is 28.6 Å². The van der Waals surface area contributed by atoms with Crippen molar-refractivity contribution in [2.75, 3.05) is 0 Å². The highest BCUT2D eigenvalue weighted by Crippen LogP contribution is 2.18. The third-order valence-electron chi connectivity index (χ3n) is 2.89. The highest BCUT2D eigenvalue weighted by Gasteiger charge is 2.11. The predicted octanol–water partition coefficient (Wildman–Crippen LogP) is 2.55. The molecule has 0 aromatic carbocycles. The summed E-state index contributed by atoms with van der Waals surface area (Å²) in [6.07, 6.45) is 0.327. The third kappa shape index (κ3) is 3.54. The average molecular weight is 296 g/mol. The topological polar surface area (TPSA) is 51.1 Å². The third-order valence-corrected chi connectivity index (χ3v) is 4.82. The van der Waals surface area contributed by atoms with Crippen molar-refractivity contribution in [3.63, 3.8) is 0 Å². The summed E-state index contributed by atoms with van der Waals surface area (Å²) in [6, 6.07) is 3.99. The van der Waals surface area contributed by atoms with Crippen molar-refractivity contribution in [1.29, 1.82) is 0 Å². The maximum Gasteiger partial charge on any atom is 0.307 e. The Morgan fingerprint density at radius 2 is 2.26 bits per heavy atom. The first-order chi connectivity index (χ1) is 9.08. The van der Waals surface area contributed by atoms with Crippen LogP contribution in [0.5, 0.6) is 0 Å². The van der Waals surface area contributed by atoms with Crippen molar-refractivity contribution in [2.24, 2.45) is 0 Å². The molecular formula is C13H16N2O2S2. The standard InChI is InChI=1S/C13H16N2O2S2/c1-9-8-19-13(17)15(9)6-5-12(16)14-10(2)11-4-3-7-18-11/h3-4,7-8,10H,5-6H2,1-2H3,(H,14,16)/t10-/m1/s1. The lowest BCUT2D eigenvalue weighted by Gasteiger charge is -2.12. The molecule has 1 N–H and O–H groups in total. The van der Waals surface area contributed by atoms with Gasteiger partial charge in [0, 0.05) is 28.9 Å². The van der Waals surface area contributed by atoms with E-state index in [1.54, 1.807) is 15.9 Å². The number of nitrogens with one attached hydrogen (secondary N) is 1. The largest absolute Gasteiger partial charge is 0.349 e. The molecule has 0 fully saturated rings. The van der Waals surface area contributed by atoms with Gasteiger partial charge in [0.15, 0.2) is 0 Å². The molecule has 102 valence electrons. The van der Waals surface area contributed by atoms with Crippen molar-refractivity contribution in [2.45, 2.75) is 32.9 Å². The van der Waals surface area contributed by atoms with Crippen LogP contribution in [0.25, 0.3) is 0 Å². The van der Waals surface area contributed by atoms with Gasteiger partial charge in [0.1, 0.15) is 0 Å². The first-order valence-corrected chi connectivity index (χ1v) is 7.81. The van der Waals surface area contributed by atoms with E-state index in [9.17, 15) is 9.59 Å². The van der Waals surface area contributed by atoms with E-state index in [0.29, 0.717) is 13.0 Å². The first-order valence-electron chi connectivity index (χ1n) is 6.05. The molecule has 19 heavy (non-hydrogen) atoms. The Balaban J connectivity index is 1.87. The van der Waals surface area contributed by atoms with Crippen molar-refractivity contribution in [3.05, 3.63) is 43.1 Å². The normalized spacial score (nSPS) is 12.3. The molecule has 6 heteroatoms. The Morgan fingerprint density at radius 1 is 1.47 bits per heavy atom. The minimum Gasteiger partial charge on any atom is -0.349 e. The van der Waals surface area contributed by atoms with Gasteiger partial charge in [-0.2, -0.15) is 0 Å². The lowest BCUT2D eigenvalue weighted by molar-refractivity contribution is -0.121. The van der Waals surface area contributed by atoms with Gasteiger partial charge >= 0.3 is 4.87 Å². The van der Waals surface area contributed by atoms with Gasteiger partial charge in [0.2, 0.25) is 5.91 Å². The number of carbonyl (C=O) groups excluding carboxylic acids is 1. The SMILES string of the molecule is Cc1csc(=O)n1CCC(=O)N[C@H](C)c1cccs1. The zero-order valence-electron chi connectivity index (χ0n) is 10.9. The summed E-state index contributed by atoms with van der Waals surface area (Å²) in [7, 11) is 0. The number of thiazole rings is 1. The number of aryl methyl sites for hydroxylation is 1. The molecule has 1 atom stereocenters. The van der Waals surface area contributed by atoms with Crippen LogP contribution in [0.2, 0.25) is 0 Å². The summed E-state index contributed by atoms with van der Waals surface area (Å²) in [5.74, 6) is -0.0293. The number of nitrogens with zero attached hydrogens (tertiary/aromatic N) is 1. The number of carbonyl (C=O) groups is 1. The Morgan fingerprint density at radius 3 is 2.84 bits per heavy atom. The van der Waals surface area contributed by atoms with Gasteiger partial charge in [0.25, 0.3) is 0 Å². The van der Waals surface area contributed by atoms with Crippen molar-refractivity contribution < 1.29 is 4.79 Å². The van der Waals surface area contributed by atoms with E-state index in [4.69, 9.17) is 0 Å². The average Bonchev–Trinajstić information content (AvgIpc) is 2.98. The highest BCUT2D eigenvalue weighted by molar-refractivity contribution is 7.10. The van der Waals surface area contributed by atoms with E-state index in [1.807, 2.05) is 36.7 Å². The Kier molecular flexibility index (Phi) is 4.55. The fourth-order valence-electron chi connectivity index (χ4n) is 1.81. The Hall–Kier alpha value is -1.40. The zero-order chi connectivity index (χ0) is 13.8. The molecule has 0 saturated heterocycles. The second-order valence-electron chi connectivity index (χ2n) is 4.35. The molecule has 0 radical (unpaired) electrons. The van der Waals surface area contributed by atoms with E-state index in [2.05, 4.69) is 5.32 Å². The molecule has 2 rings (SSSR count). The summed E-state index contributed by atoms with van der Waals surface area (Å²) in [6.45, 7) is 4.28. The highest BCUT2D eigenvalue weighted by atomic mass is 32.1. The van der Waals surface area contributed by atoms with Crippen molar-refractivity contribution in [1.82, 2.24) is 9.88 Å². The van der Waals surface area contributed by atoms with Crippen LogP contribution >= 0.6 is 22.7 Å². The number of rotatable bonds is 5. The van der Waals surface area contributed by atoms with Gasteiger partial charge in [0.05, 0.1) is 6.04 Å².